The number of phosphoric acid groups is 1. The zero-order valence-electron chi connectivity index (χ0n) is 10.7. The zero-order chi connectivity index (χ0) is 16.5. The first-order chi connectivity index (χ1) is 9.58. The summed E-state index contributed by atoms with van der Waals surface area (Å²) >= 11 is 0. The summed E-state index contributed by atoms with van der Waals surface area (Å²) < 4.78 is 8.88. The van der Waals surface area contributed by atoms with E-state index in [4.69, 9.17) is 36.4 Å². The van der Waals surface area contributed by atoms with Gasteiger partial charge in [-0.1, -0.05) is 30.3 Å². The lowest BCUT2D eigenvalue weighted by molar-refractivity contribution is 0.275. The van der Waals surface area contributed by atoms with Crippen molar-refractivity contribution < 1.29 is 19.2 Å². The topological polar surface area (TPSA) is 194 Å². The fourth-order valence-electron chi connectivity index (χ4n) is 0.880. The quantitative estimate of drug-likeness (QED) is 0.321. The van der Waals surface area contributed by atoms with Crippen molar-refractivity contribution in [2.45, 2.75) is 0 Å². The van der Waals surface area contributed by atoms with E-state index in [0.29, 0.717) is 0 Å². The van der Waals surface area contributed by atoms with Gasteiger partial charge < -0.3 is 31.9 Å². The van der Waals surface area contributed by atoms with Crippen molar-refractivity contribution in [3.05, 3.63) is 30.3 Å². The van der Waals surface area contributed by atoms with Crippen LogP contribution in [0.25, 0.3) is 0 Å². The standard InChI is InChI=1S/C6H7P.C3H6N6.H3O4P/c7-6-4-2-1-3-5-6;4-1-7-2(5)9-3(6)8-1;1-5(2,3)4/h1-5H,7H2;(H6,4,5,6,7,8,9);(H3,1,2,3,4). The SMILES string of the molecule is Nc1nc(N)nc(N)n1.O=P(O)(O)O.Pc1ccccc1. The minimum atomic E-state index is -4.64. The first-order valence-electron chi connectivity index (χ1n) is 5.19. The third kappa shape index (κ3) is 14.4. The Morgan fingerprint density at radius 3 is 1.33 bits per heavy atom. The van der Waals surface area contributed by atoms with E-state index in [9.17, 15) is 0 Å². The van der Waals surface area contributed by atoms with E-state index in [1.165, 1.54) is 5.30 Å². The van der Waals surface area contributed by atoms with E-state index in [0.717, 1.165) is 0 Å². The third-order valence-electron chi connectivity index (χ3n) is 1.49. The summed E-state index contributed by atoms with van der Waals surface area (Å²) in [4.78, 5) is 32.0. The van der Waals surface area contributed by atoms with Crippen LogP contribution < -0.4 is 22.5 Å². The van der Waals surface area contributed by atoms with Gasteiger partial charge in [-0.25, -0.2) is 4.57 Å². The summed E-state index contributed by atoms with van der Waals surface area (Å²) in [5, 5.41) is 1.24. The van der Waals surface area contributed by atoms with Gasteiger partial charge >= 0.3 is 7.82 Å². The number of nitrogen functional groups attached to an aromatic ring is 3. The third-order valence-corrected chi connectivity index (χ3v) is 1.87. The van der Waals surface area contributed by atoms with Crippen LogP contribution in [0.2, 0.25) is 0 Å². The van der Waals surface area contributed by atoms with Gasteiger partial charge in [-0.2, -0.15) is 15.0 Å². The summed E-state index contributed by atoms with van der Waals surface area (Å²) in [5.41, 5.74) is 15.4. The molecule has 2 aromatic rings. The number of hydrogen-bond donors (Lipinski definition) is 6. The minimum absolute atomic E-state index is 0.0417. The molecule has 116 valence electrons. The summed E-state index contributed by atoms with van der Waals surface area (Å²) in [5.74, 6) is 0.125. The number of benzene rings is 1. The second-order valence-electron chi connectivity index (χ2n) is 3.33. The van der Waals surface area contributed by atoms with Crippen molar-refractivity contribution in [2.75, 3.05) is 17.2 Å². The number of rotatable bonds is 0. The second-order valence-corrected chi connectivity index (χ2v) is 5.03. The highest BCUT2D eigenvalue weighted by atomic mass is 31.2. The van der Waals surface area contributed by atoms with Gasteiger partial charge in [-0.3, -0.25) is 0 Å². The Hall–Kier alpha value is -1.83. The highest BCUT2D eigenvalue weighted by Crippen LogP contribution is 2.25. The fourth-order valence-corrected chi connectivity index (χ4v) is 1.10. The largest absolute Gasteiger partial charge is 0.466 e. The fraction of sp³-hybridized carbons (Fsp3) is 0. The number of nitrogens with two attached hydrogens (primary N) is 3. The van der Waals surface area contributed by atoms with Crippen molar-refractivity contribution in [2.24, 2.45) is 0 Å². The Morgan fingerprint density at radius 2 is 1.14 bits per heavy atom. The summed E-state index contributed by atoms with van der Waals surface area (Å²) in [6.07, 6.45) is 0. The van der Waals surface area contributed by atoms with Crippen molar-refractivity contribution in [3.63, 3.8) is 0 Å². The van der Waals surface area contributed by atoms with Gasteiger partial charge in [0.2, 0.25) is 17.8 Å². The van der Waals surface area contributed by atoms with Gasteiger partial charge in [0.25, 0.3) is 0 Å². The molecule has 1 atom stereocenters. The average Bonchev–Trinajstić information content (AvgIpc) is 2.26. The molecule has 0 aliphatic rings. The normalized spacial score (nSPS) is 9.71. The van der Waals surface area contributed by atoms with Crippen LogP contribution in [0.4, 0.5) is 17.8 Å². The van der Waals surface area contributed by atoms with Gasteiger partial charge in [-0.05, 0) is 5.30 Å². The van der Waals surface area contributed by atoms with Crippen molar-refractivity contribution >= 4 is 40.2 Å². The average molecular weight is 334 g/mol. The lowest BCUT2D eigenvalue weighted by Crippen LogP contribution is -2.05. The van der Waals surface area contributed by atoms with Gasteiger partial charge in [-0.15, -0.1) is 9.24 Å². The maximum Gasteiger partial charge on any atom is 0.466 e. The number of aromatic nitrogens is 3. The molecule has 1 aromatic carbocycles. The van der Waals surface area contributed by atoms with Crippen molar-refractivity contribution in [1.82, 2.24) is 15.0 Å². The molecule has 0 amide bonds. The Morgan fingerprint density at radius 1 is 0.857 bits per heavy atom. The molecule has 9 N–H and O–H groups in total. The van der Waals surface area contributed by atoms with E-state index in [1.54, 1.807) is 0 Å². The van der Waals surface area contributed by atoms with Crippen LogP contribution in [-0.2, 0) is 4.57 Å². The molecule has 0 saturated carbocycles. The molecule has 10 nitrogen and oxygen atoms in total. The van der Waals surface area contributed by atoms with Gasteiger partial charge in [0.05, 0.1) is 0 Å². The van der Waals surface area contributed by atoms with Crippen LogP contribution in [0.3, 0.4) is 0 Å². The number of hydrogen-bond acceptors (Lipinski definition) is 7. The van der Waals surface area contributed by atoms with E-state index in [1.807, 2.05) is 30.3 Å². The van der Waals surface area contributed by atoms with Crippen molar-refractivity contribution in [3.8, 4) is 0 Å². The van der Waals surface area contributed by atoms with Crippen LogP contribution >= 0.6 is 17.1 Å². The maximum atomic E-state index is 8.88. The second kappa shape index (κ2) is 9.17. The van der Waals surface area contributed by atoms with Crippen molar-refractivity contribution in [1.29, 1.82) is 0 Å². The lowest BCUT2D eigenvalue weighted by atomic mass is 10.4. The summed E-state index contributed by atoms with van der Waals surface area (Å²) in [7, 11) is -2.01. The molecular formula is C9H16N6O4P2. The molecule has 0 aliphatic carbocycles. The van der Waals surface area contributed by atoms with Crippen LogP contribution in [0.5, 0.6) is 0 Å². The van der Waals surface area contributed by atoms with E-state index >= 15 is 0 Å². The Bertz CT molecular complexity index is 535. The van der Waals surface area contributed by atoms with Gasteiger partial charge in [0, 0.05) is 0 Å². The molecule has 0 aliphatic heterocycles. The number of anilines is 3. The molecule has 0 fully saturated rings. The Kier molecular flexibility index (Phi) is 8.37. The van der Waals surface area contributed by atoms with E-state index in [2.05, 4.69) is 24.2 Å². The summed E-state index contributed by atoms with van der Waals surface area (Å²) in [6.45, 7) is 0. The molecule has 0 radical (unpaired) electrons. The van der Waals surface area contributed by atoms with E-state index in [-0.39, 0.29) is 17.8 Å². The molecule has 0 bridgehead atoms. The number of nitrogens with zero attached hydrogens (tertiary/aromatic N) is 3. The molecule has 1 heterocycles. The molecule has 0 saturated heterocycles. The van der Waals surface area contributed by atoms with Gasteiger partial charge in [0.1, 0.15) is 0 Å². The molecular weight excluding hydrogens is 318 g/mol. The monoisotopic (exact) mass is 334 g/mol. The van der Waals surface area contributed by atoms with Crippen LogP contribution in [0, 0.1) is 0 Å². The van der Waals surface area contributed by atoms with Crippen LogP contribution in [-0.4, -0.2) is 29.6 Å². The molecule has 2 rings (SSSR count). The van der Waals surface area contributed by atoms with Crippen LogP contribution in [0.15, 0.2) is 30.3 Å². The first kappa shape index (κ1) is 19.2. The first-order valence-corrected chi connectivity index (χ1v) is 7.33. The summed E-state index contributed by atoms with van der Waals surface area (Å²) in [6, 6.07) is 10.1. The highest BCUT2D eigenvalue weighted by Gasteiger charge is 2.00. The maximum absolute atomic E-state index is 8.88. The lowest BCUT2D eigenvalue weighted by Gasteiger charge is -1.93. The molecule has 12 heteroatoms. The zero-order valence-corrected chi connectivity index (χ0v) is 12.8. The van der Waals surface area contributed by atoms with E-state index < -0.39 is 7.82 Å². The Labute approximate surface area is 122 Å². The predicted octanol–water partition coefficient (Wildman–Crippen LogP) is -1.12. The smallest absolute Gasteiger partial charge is 0.368 e. The highest BCUT2D eigenvalue weighted by molar-refractivity contribution is 7.45. The molecule has 21 heavy (non-hydrogen) atoms. The predicted molar refractivity (Wildman–Crippen MR) is 83.1 cm³/mol. The Balaban J connectivity index is 0.000000300. The molecule has 0 spiro atoms. The van der Waals surface area contributed by atoms with Crippen LogP contribution in [0.1, 0.15) is 0 Å². The molecule has 1 unspecified atom stereocenters. The minimum Gasteiger partial charge on any atom is -0.368 e. The van der Waals surface area contributed by atoms with Gasteiger partial charge in [0.15, 0.2) is 0 Å². The molecule has 1 aromatic heterocycles.